The molecule has 1 aliphatic heterocycles. The molecule has 0 spiro atoms. The number of hydrogen-bond acceptors (Lipinski definition) is 5. The molecule has 0 bridgehead atoms. The Labute approximate surface area is 135 Å². The lowest BCUT2D eigenvalue weighted by atomic mass is 9.85. The van der Waals surface area contributed by atoms with E-state index in [2.05, 4.69) is 10.2 Å². The van der Waals surface area contributed by atoms with E-state index in [1.807, 2.05) is 6.92 Å². The van der Waals surface area contributed by atoms with Crippen molar-refractivity contribution < 1.29 is 14.6 Å². The summed E-state index contributed by atoms with van der Waals surface area (Å²) in [7, 11) is 0. The molecule has 0 unspecified atom stereocenters. The van der Waals surface area contributed by atoms with Gasteiger partial charge >= 0.3 is 0 Å². The lowest BCUT2D eigenvalue weighted by Crippen LogP contribution is -2.44. The first-order valence-electron chi connectivity index (χ1n) is 8.92. The lowest BCUT2D eigenvalue weighted by molar-refractivity contribution is -0.123. The Balaban J connectivity index is 0.000000224. The van der Waals surface area contributed by atoms with Crippen LogP contribution in [0.1, 0.15) is 45.4 Å². The molecular weight excluding hydrogens is 280 g/mol. The molecule has 130 valence electrons. The number of aliphatic hydroxyl groups is 1. The molecule has 0 amide bonds. The monoisotopic (exact) mass is 314 g/mol. The van der Waals surface area contributed by atoms with Crippen molar-refractivity contribution in [2.75, 3.05) is 52.5 Å². The second-order valence-corrected chi connectivity index (χ2v) is 6.08. The third kappa shape index (κ3) is 8.83. The molecule has 2 fully saturated rings. The minimum absolute atomic E-state index is 0.127. The number of rotatable bonds is 7. The van der Waals surface area contributed by atoms with Crippen LogP contribution >= 0.6 is 0 Å². The van der Waals surface area contributed by atoms with E-state index in [0.29, 0.717) is 18.3 Å². The van der Waals surface area contributed by atoms with Crippen molar-refractivity contribution in [3.8, 4) is 0 Å². The van der Waals surface area contributed by atoms with Crippen LogP contribution < -0.4 is 5.32 Å². The number of nitrogens with zero attached hydrogens (tertiary/aromatic N) is 1. The Morgan fingerprint density at radius 2 is 1.86 bits per heavy atom. The maximum absolute atomic E-state index is 11.2. The number of piperazine rings is 1. The number of aliphatic hydroxyl groups excluding tert-OH is 1. The molecule has 0 radical (unpaired) electrons. The van der Waals surface area contributed by atoms with Gasteiger partial charge in [0.2, 0.25) is 0 Å². The molecule has 22 heavy (non-hydrogen) atoms. The zero-order valence-electron chi connectivity index (χ0n) is 14.2. The molecule has 0 aromatic rings. The van der Waals surface area contributed by atoms with Gasteiger partial charge in [-0.3, -0.25) is 9.69 Å². The number of ether oxygens (including phenoxy) is 1. The molecule has 0 aromatic carbocycles. The standard InChI is InChI=1S/C9H16O.C8H18N2O2/c1-2-9(10)8-6-4-3-5-7-8;11-6-8-12-7-5-10-3-1-9-2-4-10/h8H,2-7H2,1H3;9,11H,1-8H2. The summed E-state index contributed by atoms with van der Waals surface area (Å²) in [6, 6.07) is 0. The quantitative estimate of drug-likeness (QED) is 0.697. The smallest absolute Gasteiger partial charge is 0.135 e. The van der Waals surface area contributed by atoms with Crippen molar-refractivity contribution in [1.29, 1.82) is 0 Å². The van der Waals surface area contributed by atoms with Gasteiger partial charge in [0.15, 0.2) is 0 Å². The SMILES string of the molecule is CCC(=O)C1CCCCC1.OCCOCCN1CCNCC1. The second-order valence-electron chi connectivity index (χ2n) is 6.08. The predicted molar refractivity (Wildman–Crippen MR) is 89.1 cm³/mol. The molecule has 0 atom stereocenters. The lowest BCUT2D eigenvalue weighted by Gasteiger charge is -2.26. The van der Waals surface area contributed by atoms with E-state index in [1.54, 1.807) is 0 Å². The van der Waals surface area contributed by atoms with Crippen LogP contribution in [0.4, 0.5) is 0 Å². The van der Waals surface area contributed by atoms with Crippen LogP contribution in [0.5, 0.6) is 0 Å². The number of nitrogens with one attached hydrogen (secondary N) is 1. The maximum Gasteiger partial charge on any atom is 0.135 e. The van der Waals surface area contributed by atoms with Gasteiger partial charge in [-0.1, -0.05) is 26.2 Å². The molecule has 1 saturated carbocycles. The van der Waals surface area contributed by atoms with Gasteiger partial charge in [-0.25, -0.2) is 0 Å². The van der Waals surface area contributed by atoms with Gasteiger partial charge in [0.1, 0.15) is 5.78 Å². The average molecular weight is 314 g/mol. The van der Waals surface area contributed by atoms with E-state index in [1.165, 1.54) is 19.3 Å². The largest absolute Gasteiger partial charge is 0.394 e. The minimum atomic E-state index is 0.127. The molecule has 5 nitrogen and oxygen atoms in total. The molecule has 1 saturated heterocycles. The highest BCUT2D eigenvalue weighted by molar-refractivity contribution is 5.80. The number of Topliss-reactive ketones (excluding diaryl/α,β-unsaturated/α-hetero) is 1. The summed E-state index contributed by atoms with van der Waals surface area (Å²) < 4.78 is 5.17. The van der Waals surface area contributed by atoms with Crippen LogP contribution in [-0.2, 0) is 9.53 Å². The van der Waals surface area contributed by atoms with Gasteiger partial charge in [-0.05, 0) is 12.8 Å². The average Bonchev–Trinajstić information content (AvgIpc) is 2.60. The predicted octanol–water partition coefficient (Wildman–Crippen LogP) is 1.45. The summed E-state index contributed by atoms with van der Waals surface area (Å²) in [6.45, 7) is 8.68. The van der Waals surface area contributed by atoms with Crippen LogP contribution in [0.2, 0.25) is 0 Å². The fraction of sp³-hybridized carbons (Fsp3) is 0.941. The fourth-order valence-electron chi connectivity index (χ4n) is 3.01. The van der Waals surface area contributed by atoms with Gasteiger partial charge in [0.05, 0.1) is 19.8 Å². The molecule has 2 rings (SSSR count). The summed E-state index contributed by atoms with van der Waals surface area (Å²) in [5.74, 6) is 0.915. The number of ketones is 1. The summed E-state index contributed by atoms with van der Waals surface area (Å²) in [5.41, 5.74) is 0. The zero-order chi connectivity index (χ0) is 16.0. The highest BCUT2D eigenvalue weighted by Crippen LogP contribution is 2.24. The summed E-state index contributed by atoms with van der Waals surface area (Å²) >= 11 is 0. The van der Waals surface area contributed by atoms with Crippen molar-refractivity contribution in [2.45, 2.75) is 45.4 Å². The highest BCUT2D eigenvalue weighted by atomic mass is 16.5. The van der Waals surface area contributed by atoms with Gasteiger partial charge in [-0.15, -0.1) is 0 Å². The first-order chi connectivity index (χ1) is 10.8. The van der Waals surface area contributed by atoms with Gasteiger partial charge in [0, 0.05) is 45.1 Å². The van der Waals surface area contributed by atoms with E-state index < -0.39 is 0 Å². The van der Waals surface area contributed by atoms with Crippen LogP contribution in [-0.4, -0.2) is 68.3 Å². The normalized spacial score (nSPS) is 20.3. The summed E-state index contributed by atoms with van der Waals surface area (Å²) in [5, 5.41) is 11.7. The van der Waals surface area contributed by atoms with Crippen LogP contribution in [0.3, 0.4) is 0 Å². The minimum Gasteiger partial charge on any atom is -0.394 e. The van der Waals surface area contributed by atoms with Crippen molar-refractivity contribution in [1.82, 2.24) is 10.2 Å². The summed E-state index contributed by atoms with van der Waals surface area (Å²) in [4.78, 5) is 13.5. The van der Waals surface area contributed by atoms with Gasteiger partial charge in [-0.2, -0.15) is 0 Å². The Morgan fingerprint density at radius 3 is 2.45 bits per heavy atom. The molecule has 2 N–H and O–H groups in total. The number of hydrogen-bond donors (Lipinski definition) is 2. The van der Waals surface area contributed by atoms with Crippen molar-refractivity contribution in [3.05, 3.63) is 0 Å². The molecular formula is C17H34N2O3. The number of carbonyl (C=O) groups is 1. The van der Waals surface area contributed by atoms with Crippen LogP contribution in [0.15, 0.2) is 0 Å². The fourth-order valence-corrected chi connectivity index (χ4v) is 3.01. The molecule has 0 aromatic heterocycles. The Bertz CT molecular complexity index is 275. The first kappa shape index (κ1) is 19.6. The van der Waals surface area contributed by atoms with Crippen molar-refractivity contribution in [3.63, 3.8) is 0 Å². The van der Waals surface area contributed by atoms with Gasteiger partial charge in [0.25, 0.3) is 0 Å². The second kappa shape index (κ2) is 13.0. The Morgan fingerprint density at radius 1 is 1.18 bits per heavy atom. The van der Waals surface area contributed by atoms with Gasteiger partial charge < -0.3 is 15.2 Å². The molecule has 1 aliphatic carbocycles. The van der Waals surface area contributed by atoms with E-state index in [-0.39, 0.29) is 6.61 Å². The third-order valence-electron chi connectivity index (χ3n) is 4.41. The molecule has 1 heterocycles. The van der Waals surface area contributed by atoms with Crippen molar-refractivity contribution >= 4 is 5.78 Å². The number of carbonyl (C=O) groups excluding carboxylic acids is 1. The van der Waals surface area contributed by atoms with Crippen molar-refractivity contribution in [2.24, 2.45) is 5.92 Å². The van der Waals surface area contributed by atoms with Crippen LogP contribution in [0, 0.1) is 5.92 Å². The van der Waals surface area contributed by atoms with Crippen LogP contribution in [0.25, 0.3) is 0 Å². The summed E-state index contributed by atoms with van der Waals surface area (Å²) in [6.07, 6.45) is 6.95. The first-order valence-corrected chi connectivity index (χ1v) is 8.92. The Kier molecular flexibility index (Phi) is 11.6. The van der Waals surface area contributed by atoms with E-state index in [4.69, 9.17) is 9.84 Å². The third-order valence-corrected chi connectivity index (χ3v) is 4.41. The Hall–Kier alpha value is -0.490. The van der Waals surface area contributed by atoms with E-state index in [0.717, 1.165) is 58.6 Å². The maximum atomic E-state index is 11.2. The molecule has 2 aliphatic rings. The zero-order valence-corrected chi connectivity index (χ0v) is 14.2. The topological polar surface area (TPSA) is 61.8 Å². The highest BCUT2D eigenvalue weighted by Gasteiger charge is 2.18. The molecule has 5 heteroatoms. The van der Waals surface area contributed by atoms with E-state index in [9.17, 15) is 4.79 Å². The van der Waals surface area contributed by atoms with E-state index >= 15 is 0 Å².